The Morgan fingerprint density at radius 1 is 0.939 bits per heavy atom. The second-order valence-electron chi connectivity index (χ2n) is 10.2. The van der Waals surface area contributed by atoms with Crippen molar-refractivity contribution in [3.05, 3.63) is 28.3 Å². The zero-order chi connectivity index (χ0) is 23.0. The van der Waals surface area contributed by atoms with E-state index in [2.05, 4.69) is 32.8 Å². The minimum Gasteiger partial charge on any atom is -0.307 e. The number of aryl methyl sites for hydroxylation is 2. The monoisotopic (exact) mass is 474 g/mol. The Balaban J connectivity index is 1.18. The summed E-state index contributed by atoms with van der Waals surface area (Å²) in [7, 11) is -3.69. The van der Waals surface area contributed by atoms with Crippen molar-refractivity contribution in [2.24, 2.45) is 0 Å². The van der Waals surface area contributed by atoms with E-state index in [4.69, 9.17) is 0 Å². The van der Waals surface area contributed by atoms with E-state index in [1.165, 1.54) is 22.3 Å². The van der Waals surface area contributed by atoms with Crippen LogP contribution in [0.5, 0.6) is 0 Å². The molecule has 2 amide bonds. The molecule has 4 aliphatic rings. The summed E-state index contributed by atoms with van der Waals surface area (Å²) < 4.78 is 28.4. The highest BCUT2D eigenvalue weighted by molar-refractivity contribution is 7.90. The van der Waals surface area contributed by atoms with Crippen LogP contribution in [0.3, 0.4) is 0 Å². The first-order valence-corrected chi connectivity index (χ1v) is 14.4. The summed E-state index contributed by atoms with van der Waals surface area (Å²) in [5.41, 5.74) is 5.96. The highest BCUT2D eigenvalue weighted by atomic mass is 32.2. The summed E-state index contributed by atoms with van der Waals surface area (Å²) in [4.78, 5) is 17.8. The van der Waals surface area contributed by atoms with Gasteiger partial charge in [-0.2, -0.15) is 0 Å². The molecule has 2 heterocycles. The number of nitrogens with one attached hydrogen (secondary N) is 2. The number of piperidine rings is 2. The first-order valence-electron chi connectivity index (χ1n) is 12.9. The van der Waals surface area contributed by atoms with Crippen LogP contribution in [-0.2, 0) is 35.7 Å². The van der Waals surface area contributed by atoms with Crippen molar-refractivity contribution < 1.29 is 13.2 Å². The van der Waals surface area contributed by atoms with Gasteiger partial charge in [-0.25, -0.2) is 17.9 Å². The molecule has 0 saturated carbocycles. The molecule has 7 nitrogen and oxygen atoms in total. The third kappa shape index (κ3) is 4.80. The second kappa shape index (κ2) is 9.55. The molecule has 1 aromatic carbocycles. The summed E-state index contributed by atoms with van der Waals surface area (Å²) in [6.07, 6.45) is 9.72. The van der Waals surface area contributed by atoms with Crippen molar-refractivity contribution in [3.63, 3.8) is 0 Å². The quantitative estimate of drug-likeness (QED) is 0.686. The van der Waals surface area contributed by atoms with Crippen LogP contribution < -0.4 is 10.0 Å². The molecule has 0 bridgehead atoms. The maximum atomic E-state index is 13.0. The van der Waals surface area contributed by atoms with E-state index in [1.54, 1.807) is 0 Å². The standard InChI is InChI=1S/C25H38N4O3S/c1-2-28-13-9-20(10-14-28)29-15-11-21(12-16-29)33(31,32)27-25(30)26-24-22-7-3-5-18(22)17-19-6-4-8-23(19)24/h17,20-21H,2-16H2,1H3,(H2,26,27,30). The molecule has 5 rings (SSSR count). The van der Waals surface area contributed by atoms with Crippen molar-refractivity contribution in [2.75, 3.05) is 38.0 Å². The molecule has 8 heteroatoms. The molecule has 2 N–H and O–H groups in total. The van der Waals surface area contributed by atoms with Crippen molar-refractivity contribution in [3.8, 4) is 0 Å². The molecule has 0 spiro atoms. The number of anilines is 1. The molecule has 0 aromatic heterocycles. The van der Waals surface area contributed by atoms with E-state index in [9.17, 15) is 13.2 Å². The lowest BCUT2D eigenvalue weighted by molar-refractivity contribution is 0.0956. The summed E-state index contributed by atoms with van der Waals surface area (Å²) in [6.45, 7) is 7.17. The van der Waals surface area contributed by atoms with Crippen LogP contribution in [-0.4, -0.2) is 68.3 Å². The minimum atomic E-state index is -3.69. The van der Waals surface area contributed by atoms with Crippen LogP contribution in [0.2, 0.25) is 0 Å². The zero-order valence-electron chi connectivity index (χ0n) is 19.9. The topological polar surface area (TPSA) is 81.8 Å². The van der Waals surface area contributed by atoms with E-state index in [0.717, 1.165) is 89.8 Å². The largest absolute Gasteiger partial charge is 0.332 e. The van der Waals surface area contributed by atoms with Gasteiger partial charge in [0.15, 0.2) is 0 Å². The van der Waals surface area contributed by atoms with Gasteiger partial charge in [-0.05, 0) is 119 Å². The van der Waals surface area contributed by atoms with Gasteiger partial charge in [0.2, 0.25) is 10.0 Å². The molecule has 0 atom stereocenters. The lowest BCUT2D eigenvalue weighted by Gasteiger charge is -2.41. The number of carbonyl (C=O) groups is 1. The number of amides is 2. The predicted octanol–water partition coefficient (Wildman–Crippen LogP) is 3.06. The van der Waals surface area contributed by atoms with Gasteiger partial charge in [0.25, 0.3) is 0 Å². The van der Waals surface area contributed by atoms with E-state index < -0.39 is 21.3 Å². The number of hydrogen-bond acceptors (Lipinski definition) is 5. The van der Waals surface area contributed by atoms with E-state index in [1.807, 2.05) is 0 Å². The van der Waals surface area contributed by atoms with Crippen LogP contribution >= 0.6 is 0 Å². The Morgan fingerprint density at radius 3 is 2.12 bits per heavy atom. The van der Waals surface area contributed by atoms with Crippen LogP contribution in [0.4, 0.5) is 10.5 Å². The maximum absolute atomic E-state index is 13.0. The molecule has 1 aromatic rings. The summed E-state index contributed by atoms with van der Waals surface area (Å²) in [5.74, 6) is 0. The molecule has 0 radical (unpaired) electrons. The van der Waals surface area contributed by atoms with Gasteiger partial charge in [-0.3, -0.25) is 0 Å². The lowest BCUT2D eigenvalue weighted by Crippen LogP contribution is -2.51. The van der Waals surface area contributed by atoms with E-state index >= 15 is 0 Å². The number of hydrogen-bond donors (Lipinski definition) is 2. The third-order valence-corrected chi connectivity index (χ3v) is 10.2. The second-order valence-corrected chi connectivity index (χ2v) is 12.2. The van der Waals surface area contributed by atoms with E-state index in [0.29, 0.717) is 18.9 Å². The molecule has 182 valence electrons. The number of benzene rings is 1. The fourth-order valence-corrected chi connectivity index (χ4v) is 7.78. The molecule has 2 aliphatic carbocycles. The lowest BCUT2D eigenvalue weighted by atomic mass is 9.99. The van der Waals surface area contributed by atoms with Gasteiger partial charge in [-0.15, -0.1) is 0 Å². The molecule has 2 aliphatic heterocycles. The van der Waals surface area contributed by atoms with Gasteiger partial charge in [0.1, 0.15) is 0 Å². The van der Waals surface area contributed by atoms with Crippen molar-refractivity contribution in [1.82, 2.24) is 14.5 Å². The summed E-state index contributed by atoms with van der Waals surface area (Å²) in [6, 6.07) is 2.28. The first-order chi connectivity index (χ1) is 15.9. The summed E-state index contributed by atoms with van der Waals surface area (Å²) >= 11 is 0. The molecular formula is C25H38N4O3S. The smallest absolute Gasteiger partial charge is 0.307 e. The van der Waals surface area contributed by atoms with Crippen LogP contribution in [0.25, 0.3) is 0 Å². The average molecular weight is 475 g/mol. The maximum Gasteiger partial charge on any atom is 0.332 e. The number of rotatable bonds is 5. The number of nitrogens with zero attached hydrogens (tertiary/aromatic N) is 2. The van der Waals surface area contributed by atoms with Gasteiger partial charge in [0.05, 0.1) is 5.25 Å². The number of urea groups is 1. The van der Waals surface area contributed by atoms with Gasteiger partial charge >= 0.3 is 6.03 Å². The average Bonchev–Trinajstić information content (AvgIpc) is 3.48. The third-order valence-electron chi connectivity index (χ3n) is 8.38. The molecule has 2 fully saturated rings. The van der Waals surface area contributed by atoms with Crippen LogP contribution in [0.15, 0.2) is 6.07 Å². The molecule has 0 unspecified atom stereocenters. The Hall–Kier alpha value is -1.64. The first kappa shape index (κ1) is 23.1. The van der Waals surface area contributed by atoms with Crippen LogP contribution in [0, 0.1) is 0 Å². The Kier molecular flexibility index (Phi) is 6.69. The molecular weight excluding hydrogens is 436 g/mol. The highest BCUT2D eigenvalue weighted by Gasteiger charge is 2.35. The molecule has 33 heavy (non-hydrogen) atoms. The fourth-order valence-electron chi connectivity index (χ4n) is 6.47. The van der Waals surface area contributed by atoms with E-state index in [-0.39, 0.29) is 0 Å². The predicted molar refractivity (Wildman–Crippen MR) is 131 cm³/mol. The van der Waals surface area contributed by atoms with Gasteiger partial charge in [-0.1, -0.05) is 13.0 Å². The summed E-state index contributed by atoms with van der Waals surface area (Å²) in [5, 5.41) is 2.47. The normalized spacial score (nSPS) is 22.8. The number of sulfonamides is 1. The Labute approximate surface area is 198 Å². The fraction of sp³-hybridized carbons (Fsp3) is 0.720. The number of fused-ring (bicyclic) bond motifs is 2. The number of carbonyl (C=O) groups excluding carboxylic acids is 1. The van der Waals surface area contributed by atoms with Crippen molar-refractivity contribution in [2.45, 2.75) is 82.4 Å². The van der Waals surface area contributed by atoms with Crippen molar-refractivity contribution >= 4 is 21.7 Å². The Bertz CT molecular complexity index is 961. The van der Waals surface area contributed by atoms with Crippen molar-refractivity contribution in [1.29, 1.82) is 0 Å². The van der Waals surface area contributed by atoms with Crippen LogP contribution in [0.1, 0.15) is 67.7 Å². The number of likely N-dealkylation sites (tertiary alicyclic amines) is 2. The Morgan fingerprint density at radius 2 is 1.55 bits per heavy atom. The highest BCUT2D eigenvalue weighted by Crippen LogP contribution is 2.38. The van der Waals surface area contributed by atoms with Gasteiger partial charge < -0.3 is 15.1 Å². The SMILES string of the molecule is CCN1CCC(N2CCC(S(=O)(=O)NC(=O)Nc3c4c(cc5c3CCC5)CCC4)CC2)CC1. The van der Waals surface area contributed by atoms with Gasteiger partial charge in [0, 0.05) is 11.7 Å². The zero-order valence-corrected chi connectivity index (χ0v) is 20.7. The minimum absolute atomic E-state index is 0.498. The molecule has 2 saturated heterocycles.